The van der Waals surface area contributed by atoms with E-state index in [1.165, 1.54) is 32.3 Å². The van der Waals surface area contributed by atoms with Gasteiger partial charge in [0.2, 0.25) is 0 Å². The first-order chi connectivity index (χ1) is 24.8. The zero-order chi connectivity index (χ0) is 32.8. The Hall–Kier alpha value is -6.78. The van der Waals surface area contributed by atoms with Crippen LogP contribution in [0, 0.1) is 0 Å². The third kappa shape index (κ3) is 3.99. The fourth-order valence-electron chi connectivity index (χ4n) is 7.78. The molecule has 0 atom stereocenters. The second-order valence-electron chi connectivity index (χ2n) is 12.9. The number of furan rings is 2. The molecule has 3 aromatic heterocycles. The van der Waals surface area contributed by atoms with Crippen LogP contribution in [0.15, 0.2) is 167 Å². The van der Waals surface area contributed by atoms with E-state index in [1.54, 1.807) is 0 Å². The van der Waals surface area contributed by atoms with Crippen molar-refractivity contribution in [2.24, 2.45) is 0 Å². The highest BCUT2D eigenvalue weighted by Crippen LogP contribution is 2.45. The van der Waals surface area contributed by atoms with Crippen molar-refractivity contribution in [1.82, 2.24) is 9.97 Å². The maximum absolute atomic E-state index is 6.53. The summed E-state index contributed by atoms with van der Waals surface area (Å²) in [6.45, 7) is 0. The van der Waals surface area contributed by atoms with Crippen LogP contribution in [-0.4, -0.2) is 9.97 Å². The molecule has 8 aromatic carbocycles. The summed E-state index contributed by atoms with van der Waals surface area (Å²) in [7, 11) is 0. The normalized spacial score (nSPS) is 12.0. The van der Waals surface area contributed by atoms with Gasteiger partial charge in [0.1, 0.15) is 22.3 Å². The topological polar surface area (TPSA) is 52.1 Å². The number of nitrogens with zero attached hydrogens (tertiary/aromatic N) is 2. The molecule has 0 aliphatic carbocycles. The minimum absolute atomic E-state index is 0.684. The van der Waals surface area contributed by atoms with Crippen molar-refractivity contribution >= 4 is 65.4 Å². The Bertz CT molecular complexity index is 3030. The van der Waals surface area contributed by atoms with Crippen molar-refractivity contribution in [3.05, 3.63) is 158 Å². The van der Waals surface area contributed by atoms with E-state index < -0.39 is 0 Å². The Morgan fingerprint density at radius 1 is 0.320 bits per heavy atom. The van der Waals surface area contributed by atoms with E-state index in [9.17, 15) is 0 Å². The molecule has 11 aromatic rings. The summed E-state index contributed by atoms with van der Waals surface area (Å²) in [5.74, 6) is 0.684. The van der Waals surface area contributed by atoms with Gasteiger partial charge in [-0.1, -0.05) is 115 Å². The molecular weight excluding hydrogens is 613 g/mol. The maximum atomic E-state index is 6.53. The van der Waals surface area contributed by atoms with Crippen molar-refractivity contribution in [3.8, 4) is 45.0 Å². The van der Waals surface area contributed by atoms with Crippen molar-refractivity contribution in [3.63, 3.8) is 0 Å². The lowest BCUT2D eigenvalue weighted by atomic mass is 9.91. The molecule has 0 amide bonds. The molecule has 4 nitrogen and oxygen atoms in total. The van der Waals surface area contributed by atoms with Gasteiger partial charge in [0, 0.05) is 38.2 Å². The standard InChI is InChI=1S/C46H26N2O2/c1-3-11-27(12-4-1)37-26-38(48-46(47-37)28-13-5-2-6-14-28)34-18-10-19-40-43(34)36-23-29(21-22-39(36)49-40)30-24-35-32-16-8-7-15-31(32)33-17-9-20-41-44(33)45(35)42(25-30)50-41/h1-26H. The first-order valence-electron chi connectivity index (χ1n) is 16.8. The number of aromatic nitrogens is 2. The summed E-state index contributed by atoms with van der Waals surface area (Å²) in [6, 6.07) is 54.7. The van der Waals surface area contributed by atoms with Gasteiger partial charge in [-0.2, -0.15) is 0 Å². The predicted molar refractivity (Wildman–Crippen MR) is 205 cm³/mol. The van der Waals surface area contributed by atoms with Gasteiger partial charge in [-0.05, 0) is 75.1 Å². The minimum Gasteiger partial charge on any atom is -0.456 e. The molecule has 0 aliphatic rings. The van der Waals surface area contributed by atoms with Gasteiger partial charge in [-0.25, -0.2) is 9.97 Å². The SMILES string of the molecule is c1ccc(-c2cc(-c3cccc4oc5ccc(-c6cc7oc8cccc9c%10ccccc%10c(c6)c7c89)cc5c34)nc(-c3ccccc3)n2)cc1. The summed E-state index contributed by atoms with van der Waals surface area (Å²) in [4.78, 5) is 10.2. The van der Waals surface area contributed by atoms with Crippen LogP contribution in [-0.2, 0) is 0 Å². The van der Waals surface area contributed by atoms with Crippen molar-refractivity contribution < 1.29 is 8.83 Å². The highest BCUT2D eigenvalue weighted by molar-refractivity contribution is 6.33. The Morgan fingerprint density at radius 2 is 0.940 bits per heavy atom. The summed E-state index contributed by atoms with van der Waals surface area (Å²) >= 11 is 0. The molecule has 0 saturated heterocycles. The number of rotatable bonds is 4. The van der Waals surface area contributed by atoms with Gasteiger partial charge >= 0.3 is 0 Å². The van der Waals surface area contributed by atoms with E-state index in [-0.39, 0.29) is 0 Å². The van der Waals surface area contributed by atoms with Crippen molar-refractivity contribution in [2.45, 2.75) is 0 Å². The molecule has 0 radical (unpaired) electrons. The highest BCUT2D eigenvalue weighted by Gasteiger charge is 2.20. The van der Waals surface area contributed by atoms with Crippen molar-refractivity contribution in [1.29, 1.82) is 0 Å². The van der Waals surface area contributed by atoms with E-state index in [0.717, 1.165) is 72.3 Å². The zero-order valence-corrected chi connectivity index (χ0v) is 26.7. The average molecular weight is 639 g/mol. The lowest BCUT2D eigenvalue weighted by molar-refractivity contribution is 0.669. The van der Waals surface area contributed by atoms with Gasteiger partial charge in [0.25, 0.3) is 0 Å². The van der Waals surface area contributed by atoms with Crippen LogP contribution in [0.2, 0.25) is 0 Å². The molecule has 3 heterocycles. The van der Waals surface area contributed by atoms with Gasteiger partial charge in [0.05, 0.1) is 11.4 Å². The summed E-state index contributed by atoms with van der Waals surface area (Å²) in [5.41, 5.74) is 10.4. The number of hydrogen-bond acceptors (Lipinski definition) is 4. The fraction of sp³-hybridized carbons (Fsp3) is 0. The molecular formula is C46H26N2O2. The summed E-state index contributed by atoms with van der Waals surface area (Å²) < 4.78 is 13.0. The zero-order valence-electron chi connectivity index (χ0n) is 26.7. The molecule has 4 heteroatoms. The third-order valence-corrected chi connectivity index (χ3v) is 10.0. The molecule has 0 spiro atoms. The molecule has 0 saturated carbocycles. The minimum atomic E-state index is 0.684. The fourth-order valence-corrected chi connectivity index (χ4v) is 7.78. The second kappa shape index (κ2) is 10.4. The van der Waals surface area contributed by atoms with E-state index in [0.29, 0.717) is 5.82 Å². The molecule has 0 N–H and O–H groups in total. The number of benzene rings is 8. The van der Waals surface area contributed by atoms with Crippen LogP contribution < -0.4 is 0 Å². The first-order valence-corrected chi connectivity index (χ1v) is 16.8. The molecule has 0 unspecified atom stereocenters. The van der Waals surface area contributed by atoms with Gasteiger partial charge in [-0.15, -0.1) is 0 Å². The summed E-state index contributed by atoms with van der Waals surface area (Å²) in [6.07, 6.45) is 0. The first kappa shape index (κ1) is 27.2. The van der Waals surface area contributed by atoms with Crippen LogP contribution >= 0.6 is 0 Å². The smallest absolute Gasteiger partial charge is 0.160 e. The Kier molecular flexibility index (Phi) is 5.63. The molecule has 232 valence electrons. The van der Waals surface area contributed by atoms with E-state index >= 15 is 0 Å². The van der Waals surface area contributed by atoms with E-state index in [2.05, 4.69) is 109 Å². The lowest BCUT2D eigenvalue weighted by Crippen LogP contribution is -1.96. The Labute approximate surface area is 286 Å². The Morgan fingerprint density at radius 3 is 1.76 bits per heavy atom. The monoisotopic (exact) mass is 638 g/mol. The van der Waals surface area contributed by atoms with E-state index in [4.69, 9.17) is 18.8 Å². The number of fused-ring (bicyclic) bond motifs is 6. The van der Waals surface area contributed by atoms with Crippen LogP contribution in [0.3, 0.4) is 0 Å². The molecule has 0 fully saturated rings. The molecule has 0 bridgehead atoms. The average Bonchev–Trinajstić information content (AvgIpc) is 3.76. The van der Waals surface area contributed by atoms with Crippen LogP contribution in [0.1, 0.15) is 0 Å². The third-order valence-electron chi connectivity index (χ3n) is 10.0. The maximum Gasteiger partial charge on any atom is 0.160 e. The molecule has 50 heavy (non-hydrogen) atoms. The largest absolute Gasteiger partial charge is 0.456 e. The Balaban J connectivity index is 1.15. The van der Waals surface area contributed by atoms with Gasteiger partial charge in [0.15, 0.2) is 5.82 Å². The van der Waals surface area contributed by atoms with Gasteiger partial charge < -0.3 is 8.83 Å². The highest BCUT2D eigenvalue weighted by atomic mass is 16.3. The molecule has 11 rings (SSSR count). The van der Waals surface area contributed by atoms with Crippen LogP contribution in [0.4, 0.5) is 0 Å². The van der Waals surface area contributed by atoms with Crippen LogP contribution in [0.5, 0.6) is 0 Å². The quantitative estimate of drug-likeness (QED) is 0.180. The number of hydrogen-bond donors (Lipinski definition) is 0. The predicted octanol–water partition coefficient (Wildman–Crippen LogP) is 12.7. The lowest BCUT2D eigenvalue weighted by Gasteiger charge is -2.11. The second-order valence-corrected chi connectivity index (χ2v) is 12.9. The summed E-state index contributed by atoms with van der Waals surface area (Å²) in [5, 5.41) is 9.34. The van der Waals surface area contributed by atoms with Gasteiger partial charge in [-0.3, -0.25) is 0 Å². The van der Waals surface area contributed by atoms with Crippen molar-refractivity contribution in [2.75, 3.05) is 0 Å². The van der Waals surface area contributed by atoms with Crippen LogP contribution in [0.25, 0.3) is 110 Å². The molecule has 0 aliphatic heterocycles. The van der Waals surface area contributed by atoms with E-state index in [1.807, 2.05) is 48.5 Å².